The van der Waals surface area contributed by atoms with Gasteiger partial charge in [0.05, 0.1) is 22.9 Å². The molecule has 1 aromatic rings. The topological polar surface area (TPSA) is 149 Å². The van der Waals surface area contributed by atoms with Crippen LogP contribution in [0.5, 0.6) is 0 Å². The molecule has 3 saturated heterocycles. The molecule has 4 heterocycles. The van der Waals surface area contributed by atoms with Crippen molar-refractivity contribution in [3.05, 3.63) is 29.3 Å². The van der Waals surface area contributed by atoms with E-state index in [2.05, 4.69) is 20.4 Å². The van der Waals surface area contributed by atoms with Gasteiger partial charge in [-0.1, -0.05) is 6.07 Å². The molecule has 0 saturated carbocycles. The van der Waals surface area contributed by atoms with E-state index in [1.165, 1.54) is 0 Å². The van der Waals surface area contributed by atoms with Gasteiger partial charge in [0.25, 0.3) is 11.8 Å². The third-order valence-electron chi connectivity index (χ3n) is 8.29. The van der Waals surface area contributed by atoms with Crippen molar-refractivity contribution < 1.29 is 33.5 Å². The van der Waals surface area contributed by atoms with Crippen LogP contribution < -0.4 is 15.5 Å². The molecule has 0 radical (unpaired) electrons. The van der Waals surface area contributed by atoms with Crippen molar-refractivity contribution in [2.45, 2.75) is 70.6 Å². The SMILES string of the molecule is CC(C)(C)OC(=O)N[C@@H]1CCN(C(=O)CCCN2CCN(c3cccc4c3C(=O)N(C3CCC(=O)NC3=O)C4=O)CC2)C1. The molecule has 5 rings (SSSR count). The number of carbonyl (C=O) groups is 6. The molecule has 13 nitrogen and oxygen atoms in total. The number of ether oxygens (including phenoxy) is 1. The van der Waals surface area contributed by atoms with Crippen LogP contribution in [0.25, 0.3) is 0 Å². The van der Waals surface area contributed by atoms with Crippen molar-refractivity contribution in [1.29, 1.82) is 0 Å². The summed E-state index contributed by atoms with van der Waals surface area (Å²) in [6, 6.07) is 4.08. The van der Waals surface area contributed by atoms with Crippen LogP contribution in [-0.4, -0.2) is 114 Å². The van der Waals surface area contributed by atoms with Gasteiger partial charge in [0.1, 0.15) is 11.6 Å². The van der Waals surface area contributed by atoms with Gasteiger partial charge in [-0.15, -0.1) is 0 Å². The van der Waals surface area contributed by atoms with E-state index in [1.807, 2.05) is 26.8 Å². The van der Waals surface area contributed by atoms with Gasteiger partial charge in [0, 0.05) is 52.1 Å². The lowest BCUT2D eigenvalue weighted by Crippen LogP contribution is -2.54. The molecular formula is C30H40N6O7. The minimum Gasteiger partial charge on any atom is -0.444 e. The Kier molecular flexibility index (Phi) is 8.72. The Hall–Kier alpha value is -4.00. The average molecular weight is 597 g/mol. The van der Waals surface area contributed by atoms with Crippen LogP contribution in [0.15, 0.2) is 18.2 Å². The number of piperidine rings is 1. The standard InChI is InChI=1S/C30H40N6O7/c1-30(2,3)43-29(42)31-19-11-13-35(18-19)24(38)8-5-12-33-14-16-34(17-15-33)21-7-4-6-20-25(21)28(41)36(27(20)40)22-9-10-23(37)32-26(22)39/h4,6-7,19,22H,5,8-18H2,1-3H3,(H,31,42)(H,32,37,39)/t19-,22?/m1/s1. The number of benzene rings is 1. The van der Waals surface area contributed by atoms with Crippen LogP contribution in [0.4, 0.5) is 10.5 Å². The van der Waals surface area contributed by atoms with Crippen molar-refractivity contribution in [2.24, 2.45) is 0 Å². The fourth-order valence-corrected chi connectivity index (χ4v) is 6.16. The van der Waals surface area contributed by atoms with E-state index >= 15 is 0 Å². The summed E-state index contributed by atoms with van der Waals surface area (Å²) in [6.07, 6.45) is 1.58. The maximum Gasteiger partial charge on any atom is 0.407 e. The van der Waals surface area contributed by atoms with Gasteiger partial charge in [-0.2, -0.15) is 0 Å². The van der Waals surface area contributed by atoms with Crippen molar-refractivity contribution in [1.82, 2.24) is 25.3 Å². The first-order valence-corrected chi connectivity index (χ1v) is 15.0. The monoisotopic (exact) mass is 596 g/mol. The number of hydrogen-bond acceptors (Lipinski definition) is 9. The summed E-state index contributed by atoms with van der Waals surface area (Å²) < 4.78 is 5.31. The van der Waals surface area contributed by atoms with E-state index < -0.39 is 41.4 Å². The van der Waals surface area contributed by atoms with Crippen LogP contribution in [0, 0.1) is 0 Å². The zero-order chi connectivity index (χ0) is 30.9. The molecule has 0 bridgehead atoms. The van der Waals surface area contributed by atoms with Gasteiger partial charge in [0.2, 0.25) is 17.7 Å². The number of rotatable bonds is 7. The van der Waals surface area contributed by atoms with Crippen LogP contribution in [-0.2, 0) is 19.1 Å². The number of likely N-dealkylation sites (tertiary alicyclic amines) is 1. The highest BCUT2D eigenvalue weighted by Crippen LogP contribution is 2.34. The highest BCUT2D eigenvalue weighted by molar-refractivity contribution is 6.25. The second-order valence-electron chi connectivity index (χ2n) is 12.6. The number of nitrogens with zero attached hydrogens (tertiary/aromatic N) is 4. The summed E-state index contributed by atoms with van der Waals surface area (Å²) in [5.41, 5.74) is 0.684. The number of piperazine rings is 1. The fraction of sp³-hybridized carbons (Fsp3) is 0.600. The van der Waals surface area contributed by atoms with Gasteiger partial charge >= 0.3 is 6.09 Å². The van der Waals surface area contributed by atoms with Gasteiger partial charge in [-0.05, 0) is 58.7 Å². The van der Waals surface area contributed by atoms with Crippen molar-refractivity contribution >= 4 is 41.3 Å². The molecule has 3 fully saturated rings. The van der Waals surface area contributed by atoms with Gasteiger partial charge < -0.3 is 19.9 Å². The smallest absolute Gasteiger partial charge is 0.407 e. The first kappa shape index (κ1) is 30.5. The average Bonchev–Trinajstić information content (AvgIpc) is 3.50. The number of hydrogen-bond donors (Lipinski definition) is 2. The van der Waals surface area contributed by atoms with Crippen molar-refractivity contribution in [2.75, 3.05) is 50.7 Å². The molecular weight excluding hydrogens is 556 g/mol. The third-order valence-corrected chi connectivity index (χ3v) is 8.29. The summed E-state index contributed by atoms with van der Waals surface area (Å²) in [4.78, 5) is 82.6. The molecule has 0 spiro atoms. The normalized spacial score (nSPS) is 23.0. The molecule has 43 heavy (non-hydrogen) atoms. The number of imide groups is 2. The number of alkyl carbamates (subject to hydrolysis) is 1. The Morgan fingerprint density at radius 2 is 1.74 bits per heavy atom. The number of carbonyl (C=O) groups excluding carboxylic acids is 6. The summed E-state index contributed by atoms with van der Waals surface area (Å²) in [5, 5.41) is 5.08. The lowest BCUT2D eigenvalue weighted by molar-refractivity contribution is -0.136. The Balaban J connectivity index is 1.08. The maximum absolute atomic E-state index is 13.4. The van der Waals surface area contributed by atoms with Crippen molar-refractivity contribution in [3.63, 3.8) is 0 Å². The number of anilines is 1. The minimum absolute atomic E-state index is 0.0775. The lowest BCUT2D eigenvalue weighted by Gasteiger charge is -2.36. The zero-order valence-corrected chi connectivity index (χ0v) is 25.0. The zero-order valence-electron chi connectivity index (χ0n) is 25.0. The Labute approximate surface area is 250 Å². The Morgan fingerprint density at radius 1 is 1.00 bits per heavy atom. The van der Waals surface area contributed by atoms with Crippen LogP contribution in [0.2, 0.25) is 0 Å². The molecule has 6 amide bonds. The molecule has 13 heteroatoms. The Morgan fingerprint density at radius 3 is 2.44 bits per heavy atom. The molecule has 4 aliphatic heterocycles. The van der Waals surface area contributed by atoms with E-state index in [4.69, 9.17) is 4.74 Å². The minimum atomic E-state index is -0.995. The predicted octanol–water partition coefficient (Wildman–Crippen LogP) is 1.12. The molecule has 4 aliphatic rings. The summed E-state index contributed by atoms with van der Waals surface area (Å²) >= 11 is 0. The Bertz CT molecular complexity index is 1320. The van der Waals surface area contributed by atoms with Crippen molar-refractivity contribution in [3.8, 4) is 0 Å². The molecule has 2 atom stereocenters. The molecule has 2 N–H and O–H groups in total. The number of fused-ring (bicyclic) bond motifs is 1. The highest BCUT2D eigenvalue weighted by atomic mass is 16.6. The quantitative estimate of drug-likeness (QED) is 0.442. The first-order valence-electron chi connectivity index (χ1n) is 15.0. The van der Waals surface area contributed by atoms with Gasteiger partial charge in [0.15, 0.2) is 0 Å². The second kappa shape index (κ2) is 12.3. The highest BCUT2D eigenvalue weighted by Gasteiger charge is 2.46. The van der Waals surface area contributed by atoms with Crippen LogP contribution in [0.3, 0.4) is 0 Å². The van der Waals surface area contributed by atoms with Crippen LogP contribution in [0.1, 0.15) is 73.6 Å². The van der Waals surface area contributed by atoms with E-state index in [1.54, 1.807) is 17.0 Å². The van der Waals surface area contributed by atoms with E-state index in [-0.39, 0.29) is 30.4 Å². The summed E-state index contributed by atoms with van der Waals surface area (Å²) in [5.74, 6) is -1.96. The second-order valence-corrected chi connectivity index (χ2v) is 12.6. The summed E-state index contributed by atoms with van der Waals surface area (Å²) in [7, 11) is 0. The molecule has 232 valence electrons. The molecule has 1 unspecified atom stereocenters. The maximum atomic E-state index is 13.4. The van der Waals surface area contributed by atoms with Gasteiger partial charge in [-0.3, -0.25) is 39.1 Å². The molecule has 0 aromatic heterocycles. The van der Waals surface area contributed by atoms with E-state index in [0.717, 1.165) is 24.5 Å². The van der Waals surface area contributed by atoms with E-state index in [0.29, 0.717) is 56.7 Å². The largest absolute Gasteiger partial charge is 0.444 e. The van der Waals surface area contributed by atoms with Gasteiger partial charge in [-0.25, -0.2) is 4.79 Å². The lowest BCUT2D eigenvalue weighted by atomic mass is 10.0. The van der Waals surface area contributed by atoms with E-state index in [9.17, 15) is 28.8 Å². The third kappa shape index (κ3) is 6.82. The number of nitrogens with one attached hydrogen (secondary N) is 2. The number of amides is 6. The van der Waals surface area contributed by atoms with Crippen LogP contribution >= 0.6 is 0 Å². The molecule has 1 aromatic carbocycles. The fourth-order valence-electron chi connectivity index (χ4n) is 6.16. The predicted molar refractivity (Wildman–Crippen MR) is 155 cm³/mol. The summed E-state index contributed by atoms with van der Waals surface area (Å²) in [6.45, 7) is 10.1. The molecule has 0 aliphatic carbocycles. The first-order chi connectivity index (χ1) is 20.4.